The molecular formula is C23H24FN7O4S. The fraction of sp³-hybridized carbons (Fsp3) is 0.348. The predicted molar refractivity (Wildman–Crippen MR) is 134 cm³/mol. The summed E-state index contributed by atoms with van der Waals surface area (Å²) in [6, 6.07) is 2.78. The van der Waals surface area contributed by atoms with Crippen LogP contribution in [0.2, 0.25) is 0 Å². The molecule has 3 aromatic rings. The molecule has 1 aromatic carbocycles. The van der Waals surface area contributed by atoms with Gasteiger partial charge in [-0.15, -0.1) is 17.7 Å². The van der Waals surface area contributed by atoms with Gasteiger partial charge in [-0.25, -0.2) is 19.2 Å². The number of aromatic nitrogens is 3. The lowest BCUT2D eigenvalue weighted by molar-refractivity contribution is 0.0668. The predicted octanol–water partition coefficient (Wildman–Crippen LogP) is 1.64. The number of fused-ring (bicyclic) bond motifs is 1. The normalized spacial score (nSPS) is 18.4. The fourth-order valence-electron chi connectivity index (χ4n) is 4.36. The molecule has 0 amide bonds. The van der Waals surface area contributed by atoms with Crippen LogP contribution in [-0.4, -0.2) is 79.8 Å². The van der Waals surface area contributed by atoms with Gasteiger partial charge in [-0.3, -0.25) is 14.7 Å². The van der Waals surface area contributed by atoms with Gasteiger partial charge in [0.2, 0.25) is 11.0 Å². The van der Waals surface area contributed by atoms with Gasteiger partial charge in [-0.05, 0) is 19.1 Å². The highest BCUT2D eigenvalue weighted by molar-refractivity contribution is 7.80. The van der Waals surface area contributed by atoms with E-state index in [-0.39, 0.29) is 10.9 Å². The van der Waals surface area contributed by atoms with Crippen LogP contribution in [0.4, 0.5) is 10.1 Å². The highest BCUT2D eigenvalue weighted by Crippen LogP contribution is 2.27. The average molecular weight is 514 g/mol. The maximum atomic E-state index is 15.1. The largest absolute Gasteiger partial charge is 0.477 e. The fourth-order valence-corrected chi connectivity index (χ4v) is 4.59. The molecule has 0 aliphatic carbocycles. The molecule has 0 spiro atoms. The molecule has 2 aliphatic heterocycles. The van der Waals surface area contributed by atoms with E-state index >= 15 is 4.39 Å². The lowest BCUT2D eigenvalue weighted by Crippen LogP contribution is -2.50. The van der Waals surface area contributed by atoms with Crippen molar-refractivity contribution in [3.63, 3.8) is 0 Å². The van der Waals surface area contributed by atoms with E-state index in [1.165, 1.54) is 6.20 Å². The second-order valence-electron chi connectivity index (χ2n) is 8.41. The molecule has 1 saturated heterocycles. The molecule has 0 radical (unpaired) electrons. The summed E-state index contributed by atoms with van der Waals surface area (Å²) < 4.78 is 22.5. The van der Waals surface area contributed by atoms with E-state index in [4.69, 9.17) is 4.74 Å². The zero-order chi connectivity index (χ0) is 25.4. The highest BCUT2D eigenvalue weighted by atomic mass is 32.1. The van der Waals surface area contributed by atoms with E-state index in [1.807, 2.05) is 11.8 Å². The van der Waals surface area contributed by atoms with E-state index in [2.05, 4.69) is 32.6 Å². The number of aromatic carboxylic acids is 1. The molecule has 36 heavy (non-hydrogen) atoms. The van der Waals surface area contributed by atoms with Gasteiger partial charge in [0.25, 0.3) is 5.90 Å². The number of piperazine rings is 1. The Morgan fingerprint density at radius 2 is 2.03 bits per heavy atom. The second-order valence-corrected chi connectivity index (χ2v) is 8.85. The Kier molecular flexibility index (Phi) is 6.49. The van der Waals surface area contributed by atoms with Crippen molar-refractivity contribution in [2.75, 3.05) is 37.7 Å². The van der Waals surface area contributed by atoms with E-state index in [1.54, 1.807) is 34.2 Å². The van der Waals surface area contributed by atoms with E-state index in [9.17, 15) is 14.7 Å². The molecule has 4 heterocycles. The van der Waals surface area contributed by atoms with Gasteiger partial charge in [-0.1, -0.05) is 0 Å². The molecule has 0 bridgehead atoms. The van der Waals surface area contributed by atoms with Crippen molar-refractivity contribution >= 4 is 41.1 Å². The standard InChI is InChI=1S/C23H24FN7O4S/c1-2-29-12-15(22(33)34)20(32)14-9-16(24)19(10-18(14)29)30-7-5-28(6-8-30)13-31-23(36)35-21(27-31)17-11-25-3-4-26-17/h3-4,9-12,23,36H,2,5-8,13H2,1H3,(H,33,34). The zero-order valence-electron chi connectivity index (χ0n) is 19.4. The van der Waals surface area contributed by atoms with Gasteiger partial charge in [0.1, 0.15) is 17.1 Å². The molecule has 1 N–H and O–H groups in total. The number of carboxylic acid groups (broad SMARTS) is 1. The van der Waals surface area contributed by atoms with Gasteiger partial charge in [0, 0.05) is 56.7 Å². The molecule has 13 heteroatoms. The molecule has 2 aliphatic rings. The minimum Gasteiger partial charge on any atom is -0.477 e. The summed E-state index contributed by atoms with van der Waals surface area (Å²) in [7, 11) is 0. The van der Waals surface area contributed by atoms with Crippen LogP contribution in [0, 0.1) is 5.82 Å². The molecule has 1 unspecified atom stereocenters. The van der Waals surface area contributed by atoms with Crippen LogP contribution in [0.3, 0.4) is 0 Å². The van der Waals surface area contributed by atoms with Crippen LogP contribution in [0.5, 0.6) is 0 Å². The Morgan fingerprint density at radius 1 is 1.25 bits per heavy atom. The topological polar surface area (TPSA) is 116 Å². The van der Waals surface area contributed by atoms with Crippen LogP contribution in [0.15, 0.2) is 46.8 Å². The summed E-state index contributed by atoms with van der Waals surface area (Å²) in [5.41, 5.74) is -0.205. The third-order valence-electron chi connectivity index (χ3n) is 6.25. The maximum absolute atomic E-state index is 15.1. The number of hydrogen-bond acceptors (Lipinski definition) is 10. The van der Waals surface area contributed by atoms with Crippen molar-refractivity contribution in [2.45, 2.75) is 19.0 Å². The number of benzene rings is 1. The third kappa shape index (κ3) is 4.46. The van der Waals surface area contributed by atoms with Crippen molar-refractivity contribution in [1.82, 2.24) is 24.4 Å². The van der Waals surface area contributed by atoms with E-state index in [0.717, 1.165) is 6.07 Å². The summed E-state index contributed by atoms with van der Waals surface area (Å²) in [4.78, 5) is 36.4. The molecule has 5 rings (SSSR count). The maximum Gasteiger partial charge on any atom is 0.341 e. The molecule has 2 aromatic heterocycles. The van der Waals surface area contributed by atoms with Crippen LogP contribution < -0.4 is 10.3 Å². The SMILES string of the molecule is CCn1cc(C(=O)O)c(=O)c2cc(F)c(N3CCN(CN4N=C(c5cnccn5)OC4S)CC3)cc21. The Morgan fingerprint density at radius 3 is 2.69 bits per heavy atom. The highest BCUT2D eigenvalue weighted by Gasteiger charge is 2.30. The summed E-state index contributed by atoms with van der Waals surface area (Å²) >= 11 is 4.46. The Bertz CT molecular complexity index is 1390. The quantitative estimate of drug-likeness (QED) is 0.475. The summed E-state index contributed by atoms with van der Waals surface area (Å²) in [5, 5.41) is 15.6. The molecule has 11 nitrogen and oxygen atoms in total. The van der Waals surface area contributed by atoms with Crippen LogP contribution in [0.25, 0.3) is 10.9 Å². The van der Waals surface area contributed by atoms with Crippen molar-refractivity contribution < 1.29 is 19.0 Å². The molecule has 1 fully saturated rings. The number of carbonyl (C=O) groups is 1. The number of rotatable bonds is 6. The number of carboxylic acids is 1. The number of thiol groups is 1. The van der Waals surface area contributed by atoms with Crippen molar-refractivity contribution in [3.05, 3.63) is 64.2 Å². The average Bonchev–Trinajstić information content (AvgIpc) is 3.25. The van der Waals surface area contributed by atoms with E-state index in [0.29, 0.717) is 62.2 Å². The number of anilines is 1. The minimum atomic E-state index is -1.33. The summed E-state index contributed by atoms with van der Waals surface area (Å²) in [6.45, 7) is 5.14. The molecule has 188 valence electrons. The number of ether oxygens (including phenoxy) is 1. The summed E-state index contributed by atoms with van der Waals surface area (Å²) in [5.74, 6) is -1.53. The number of aryl methyl sites for hydroxylation is 1. The van der Waals surface area contributed by atoms with Crippen LogP contribution >= 0.6 is 12.6 Å². The smallest absolute Gasteiger partial charge is 0.341 e. The number of halogens is 1. The first-order valence-corrected chi connectivity index (χ1v) is 11.9. The van der Waals surface area contributed by atoms with Gasteiger partial charge in [-0.2, -0.15) is 0 Å². The number of pyridine rings is 1. The first-order chi connectivity index (χ1) is 17.4. The number of hydrogen-bond donors (Lipinski definition) is 2. The van der Waals surface area contributed by atoms with Crippen LogP contribution in [0.1, 0.15) is 23.0 Å². The van der Waals surface area contributed by atoms with Gasteiger partial charge >= 0.3 is 5.97 Å². The molecular weight excluding hydrogens is 489 g/mol. The molecule has 0 saturated carbocycles. The van der Waals surface area contributed by atoms with Gasteiger partial charge in [0.05, 0.1) is 24.1 Å². The van der Waals surface area contributed by atoms with Crippen molar-refractivity contribution in [3.8, 4) is 0 Å². The van der Waals surface area contributed by atoms with E-state index < -0.39 is 22.8 Å². The molecule has 1 atom stereocenters. The van der Waals surface area contributed by atoms with Gasteiger partial charge < -0.3 is 19.3 Å². The van der Waals surface area contributed by atoms with Crippen molar-refractivity contribution in [2.24, 2.45) is 5.10 Å². The third-order valence-corrected chi connectivity index (χ3v) is 6.62. The first-order valence-electron chi connectivity index (χ1n) is 11.4. The monoisotopic (exact) mass is 513 g/mol. The van der Waals surface area contributed by atoms with Gasteiger partial charge in [0.15, 0.2) is 0 Å². The Balaban J connectivity index is 1.31. The van der Waals surface area contributed by atoms with Crippen molar-refractivity contribution in [1.29, 1.82) is 0 Å². The Labute approximate surface area is 210 Å². The minimum absolute atomic E-state index is 0.0576. The lowest BCUT2D eigenvalue weighted by Gasteiger charge is -2.37. The second kappa shape index (κ2) is 9.74. The first kappa shape index (κ1) is 24.0. The number of nitrogens with zero attached hydrogens (tertiary/aromatic N) is 7. The lowest BCUT2D eigenvalue weighted by atomic mass is 10.1. The Hall–Kier alpha value is -3.71. The zero-order valence-corrected chi connectivity index (χ0v) is 20.3. The van der Waals surface area contributed by atoms with Crippen LogP contribution in [-0.2, 0) is 11.3 Å². The summed E-state index contributed by atoms with van der Waals surface area (Å²) in [6.07, 6.45) is 6.02. The number of hydrazone groups is 1.